The molecule has 2 atom stereocenters. The lowest BCUT2D eigenvalue weighted by atomic mass is 9.84. The lowest BCUT2D eigenvalue weighted by Crippen LogP contribution is -2.49. The molecule has 0 spiro atoms. The molecule has 4 nitrogen and oxygen atoms in total. The van der Waals surface area contributed by atoms with Crippen LogP contribution in [0.3, 0.4) is 0 Å². The summed E-state index contributed by atoms with van der Waals surface area (Å²) < 4.78 is 0. The van der Waals surface area contributed by atoms with Crippen molar-refractivity contribution in [3.63, 3.8) is 0 Å². The lowest BCUT2D eigenvalue weighted by molar-refractivity contribution is -0.130. The average molecular weight is 269 g/mol. The van der Waals surface area contributed by atoms with E-state index in [1.807, 2.05) is 6.92 Å². The number of nitrogens with zero attached hydrogens (tertiary/aromatic N) is 1. The highest BCUT2D eigenvalue weighted by Gasteiger charge is 2.42. The van der Waals surface area contributed by atoms with E-state index in [-0.39, 0.29) is 17.4 Å². The fourth-order valence-electron chi connectivity index (χ4n) is 3.09. The van der Waals surface area contributed by atoms with E-state index in [0.717, 1.165) is 25.8 Å². The lowest BCUT2D eigenvalue weighted by Gasteiger charge is -2.32. The molecule has 0 radical (unpaired) electrons. The zero-order valence-electron chi connectivity index (χ0n) is 13.2. The summed E-state index contributed by atoms with van der Waals surface area (Å²) in [6.07, 6.45) is 2.95. The van der Waals surface area contributed by atoms with E-state index in [1.54, 1.807) is 0 Å². The SMILES string of the molecule is CC(C)N(CCNC(=O)C1(C)CCCC1N)C(C)C. The number of nitrogens with two attached hydrogens (primary N) is 1. The third-order valence-electron chi connectivity index (χ3n) is 4.53. The standard InChI is InChI=1S/C15H31N3O/c1-11(2)18(12(3)4)10-9-17-14(19)15(5)8-6-7-13(15)16/h11-13H,6-10,16H2,1-5H3,(H,17,19). The van der Waals surface area contributed by atoms with Gasteiger partial charge in [-0.3, -0.25) is 9.69 Å². The van der Waals surface area contributed by atoms with E-state index in [4.69, 9.17) is 5.73 Å². The fourth-order valence-corrected chi connectivity index (χ4v) is 3.09. The summed E-state index contributed by atoms with van der Waals surface area (Å²) in [4.78, 5) is 14.7. The van der Waals surface area contributed by atoms with Crippen LogP contribution in [0.5, 0.6) is 0 Å². The van der Waals surface area contributed by atoms with Crippen LogP contribution in [0.25, 0.3) is 0 Å². The first-order valence-electron chi connectivity index (χ1n) is 7.58. The van der Waals surface area contributed by atoms with Crippen LogP contribution in [0, 0.1) is 5.41 Å². The molecule has 3 N–H and O–H groups in total. The van der Waals surface area contributed by atoms with Crippen LogP contribution in [0.15, 0.2) is 0 Å². The van der Waals surface area contributed by atoms with Gasteiger partial charge in [0.1, 0.15) is 0 Å². The molecule has 1 aliphatic carbocycles. The highest BCUT2D eigenvalue weighted by Crippen LogP contribution is 2.36. The predicted molar refractivity (Wildman–Crippen MR) is 79.9 cm³/mol. The van der Waals surface area contributed by atoms with Gasteiger partial charge in [0, 0.05) is 31.2 Å². The third kappa shape index (κ3) is 3.93. The van der Waals surface area contributed by atoms with Gasteiger partial charge in [0.2, 0.25) is 5.91 Å². The molecule has 0 saturated heterocycles. The molecule has 1 rings (SSSR count). The molecule has 1 saturated carbocycles. The molecule has 0 aromatic heterocycles. The van der Waals surface area contributed by atoms with Crippen molar-refractivity contribution in [2.24, 2.45) is 11.1 Å². The van der Waals surface area contributed by atoms with E-state index in [0.29, 0.717) is 18.6 Å². The maximum absolute atomic E-state index is 12.3. The Kier molecular flexibility index (Phi) is 5.81. The molecular formula is C15H31N3O. The number of carbonyl (C=O) groups excluding carboxylic acids is 1. The molecule has 0 aromatic rings. The zero-order chi connectivity index (χ0) is 14.6. The van der Waals surface area contributed by atoms with Crippen molar-refractivity contribution in [2.75, 3.05) is 13.1 Å². The molecular weight excluding hydrogens is 238 g/mol. The van der Waals surface area contributed by atoms with Crippen LogP contribution in [-0.2, 0) is 4.79 Å². The molecule has 0 aliphatic heterocycles. The van der Waals surface area contributed by atoms with Crippen molar-refractivity contribution in [1.82, 2.24) is 10.2 Å². The number of hydrogen-bond acceptors (Lipinski definition) is 3. The van der Waals surface area contributed by atoms with Gasteiger partial charge in [0.25, 0.3) is 0 Å². The minimum atomic E-state index is -0.361. The summed E-state index contributed by atoms with van der Waals surface area (Å²) in [5, 5.41) is 3.08. The second-order valence-corrected chi connectivity index (χ2v) is 6.60. The Bertz CT molecular complexity index is 296. The summed E-state index contributed by atoms with van der Waals surface area (Å²) in [5.74, 6) is 0.130. The van der Waals surface area contributed by atoms with Crippen LogP contribution in [0.1, 0.15) is 53.9 Å². The third-order valence-corrected chi connectivity index (χ3v) is 4.53. The number of hydrogen-bond donors (Lipinski definition) is 2. The molecule has 0 heterocycles. The fraction of sp³-hybridized carbons (Fsp3) is 0.933. The molecule has 112 valence electrons. The predicted octanol–water partition coefficient (Wildman–Crippen LogP) is 1.74. The van der Waals surface area contributed by atoms with Gasteiger partial charge in [0.05, 0.1) is 5.41 Å². The van der Waals surface area contributed by atoms with E-state index in [1.165, 1.54) is 0 Å². The highest BCUT2D eigenvalue weighted by molar-refractivity contribution is 5.83. The molecule has 0 aromatic carbocycles. The van der Waals surface area contributed by atoms with Crippen molar-refractivity contribution in [2.45, 2.75) is 72.0 Å². The van der Waals surface area contributed by atoms with Gasteiger partial charge in [-0.15, -0.1) is 0 Å². The number of carbonyl (C=O) groups is 1. The Labute approximate surface area is 118 Å². The van der Waals surface area contributed by atoms with Crippen LogP contribution < -0.4 is 11.1 Å². The zero-order valence-corrected chi connectivity index (χ0v) is 13.2. The summed E-state index contributed by atoms with van der Waals surface area (Å²) in [6, 6.07) is 1.02. The van der Waals surface area contributed by atoms with E-state index in [9.17, 15) is 4.79 Å². The quantitative estimate of drug-likeness (QED) is 0.772. The van der Waals surface area contributed by atoms with Gasteiger partial charge >= 0.3 is 0 Å². The van der Waals surface area contributed by atoms with E-state index < -0.39 is 0 Å². The Balaban J connectivity index is 2.42. The minimum Gasteiger partial charge on any atom is -0.354 e. The van der Waals surface area contributed by atoms with Gasteiger partial charge < -0.3 is 11.1 Å². The van der Waals surface area contributed by atoms with Gasteiger partial charge in [-0.2, -0.15) is 0 Å². The Morgan fingerprint density at radius 2 is 1.95 bits per heavy atom. The Morgan fingerprint density at radius 3 is 2.37 bits per heavy atom. The van der Waals surface area contributed by atoms with Crippen molar-refractivity contribution in [1.29, 1.82) is 0 Å². The maximum atomic E-state index is 12.3. The molecule has 1 aliphatic rings. The van der Waals surface area contributed by atoms with Crippen molar-refractivity contribution in [3.8, 4) is 0 Å². The minimum absolute atomic E-state index is 0.0128. The first-order valence-corrected chi connectivity index (χ1v) is 7.58. The first-order chi connectivity index (χ1) is 8.79. The number of nitrogens with one attached hydrogen (secondary N) is 1. The Morgan fingerprint density at radius 1 is 1.37 bits per heavy atom. The molecule has 2 unspecified atom stereocenters. The molecule has 0 bridgehead atoms. The second kappa shape index (κ2) is 6.71. The van der Waals surface area contributed by atoms with Gasteiger partial charge in [0.15, 0.2) is 0 Å². The van der Waals surface area contributed by atoms with Crippen LogP contribution in [-0.4, -0.2) is 42.0 Å². The monoisotopic (exact) mass is 269 g/mol. The topological polar surface area (TPSA) is 58.4 Å². The molecule has 1 amide bonds. The maximum Gasteiger partial charge on any atom is 0.227 e. The highest BCUT2D eigenvalue weighted by atomic mass is 16.2. The van der Waals surface area contributed by atoms with Crippen molar-refractivity contribution < 1.29 is 4.79 Å². The van der Waals surface area contributed by atoms with Gasteiger partial charge in [-0.25, -0.2) is 0 Å². The smallest absolute Gasteiger partial charge is 0.227 e. The molecule has 4 heteroatoms. The average Bonchev–Trinajstić information content (AvgIpc) is 2.65. The first kappa shape index (κ1) is 16.4. The largest absolute Gasteiger partial charge is 0.354 e. The van der Waals surface area contributed by atoms with E-state index >= 15 is 0 Å². The summed E-state index contributed by atoms with van der Waals surface area (Å²) in [5.41, 5.74) is 5.71. The molecule has 19 heavy (non-hydrogen) atoms. The molecule has 1 fully saturated rings. The van der Waals surface area contributed by atoms with Gasteiger partial charge in [-0.05, 0) is 47.5 Å². The summed E-state index contributed by atoms with van der Waals surface area (Å²) in [7, 11) is 0. The Hall–Kier alpha value is -0.610. The summed E-state index contributed by atoms with van der Waals surface area (Å²) in [6.45, 7) is 12.4. The van der Waals surface area contributed by atoms with Crippen molar-refractivity contribution >= 4 is 5.91 Å². The second-order valence-electron chi connectivity index (χ2n) is 6.60. The number of rotatable bonds is 6. The van der Waals surface area contributed by atoms with Crippen LogP contribution in [0.2, 0.25) is 0 Å². The number of amides is 1. The van der Waals surface area contributed by atoms with Crippen LogP contribution in [0.4, 0.5) is 0 Å². The normalized spacial score (nSPS) is 27.5. The van der Waals surface area contributed by atoms with Crippen LogP contribution >= 0.6 is 0 Å². The summed E-state index contributed by atoms with van der Waals surface area (Å²) >= 11 is 0. The van der Waals surface area contributed by atoms with Crippen molar-refractivity contribution in [3.05, 3.63) is 0 Å². The van der Waals surface area contributed by atoms with Gasteiger partial charge in [-0.1, -0.05) is 6.42 Å². The van der Waals surface area contributed by atoms with E-state index in [2.05, 4.69) is 37.9 Å².